The predicted molar refractivity (Wildman–Crippen MR) is 286 cm³/mol. The SMILES string of the molecule is CCCCCCCCCCCCCCCCC/C=C/C(O)C(COP(=O)(O)OCC[N+](C)(C)C)NC(=O)CCCCCCCCCCCCCCCCCCCCCCCCCCCCC. The summed E-state index contributed by atoms with van der Waals surface area (Å²) in [6.45, 7) is 4.87. The second-order valence-electron chi connectivity index (χ2n) is 21.4. The molecule has 3 N–H and O–H groups in total. The van der Waals surface area contributed by atoms with Crippen LogP contribution in [-0.4, -0.2) is 73.4 Å². The second-order valence-corrected chi connectivity index (χ2v) is 22.8. The minimum absolute atomic E-state index is 0.0651. The molecule has 0 aliphatic rings. The fourth-order valence-electron chi connectivity index (χ4n) is 8.93. The molecule has 0 fully saturated rings. The van der Waals surface area contributed by atoms with E-state index in [1.165, 1.54) is 244 Å². The molecule has 0 spiro atoms. The van der Waals surface area contributed by atoms with Crippen LogP contribution in [0.1, 0.15) is 296 Å². The number of quaternary nitrogens is 1. The van der Waals surface area contributed by atoms with Crippen molar-refractivity contribution >= 4 is 13.7 Å². The number of allylic oxidation sites excluding steroid dienone is 1. The maximum atomic E-state index is 13.0. The molecule has 3 atom stereocenters. The van der Waals surface area contributed by atoms with E-state index in [0.29, 0.717) is 17.4 Å². The first-order valence-electron chi connectivity index (χ1n) is 29.1. The van der Waals surface area contributed by atoms with Gasteiger partial charge in [-0.2, -0.15) is 0 Å². The number of likely N-dealkylation sites (N-methyl/N-ethyl adjacent to an activating group) is 1. The highest BCUT2D eigenvalue weighted by atomic mass is 31.2. The molecule has 0 bridgehead atoms. The Kier molecular flexibility index (Phi) is 48.7. The van der Waals surface area contributed by atoms with Crippen LogP contribution in [0.25, 0.3) is 0 Å². The lowest BCUT2D eigenvalue weighted by Crippen LogP contribution is -2.45. The Labute approximate surface area is 412 Å². The lowest BCUT2D eigenvalue weighted by Gasteiger charge is -2.25. The summed E-state index contributed by atoms with van der Waals surface area (Å²) in [6.07, 6.45) is 60.3. The van der Waals surface area contributed by atoms with Gasteiger partial charge in [-0.15, -0.1) is 0 Å². The fourth-order valence-corrected chi connectivity index (χ4v) is 9.66. The number of aliphatic hydroxyl groups excluding tert-OH is 1. The van der Waals surface area contributed by atoms with Gasteiger partial charge < -0.3 is 19.8 Å². The number of hydrogen-bond donors (Lipinski definition) is 3. The van der Waals surface area contributed by atoms with E-state index in [2.05, 4.69) is 19.2 Å². The van der Waals surface area contributed by atoms with E-state index in [1.54, 1.807) is 6.08 Å². The molecule has 0 aliphatic heterocycles. The molecule has 1 amide bonds. The van der Waals surface area contributed by atoms with E-state index >= 15 is 0 Å². The maximum absolute atomic E-state index is 13.0. The molecule has 0 radical (unpaired) electrons. The molecule has 0 saturated carbocycles. The van der Waals surface area contributed by atoms with Crippen LogP contribution in [0.4, 0.5) is 0 Å². The third kappa shape index (κ3) is 51.1. The lowest BCUT2D eigenvalue weighted by atomic mass is 10.0. The van der Waals surface area contributed by atoms with Crippen molar-refractivity contribution in [3.63, 3.8) is 0 Å². The number of aliphatic hydroxyl groups is 1. The second kappa shape index (κ2) is 49.2. The molecule has 0 aromatic rings. The topological polar surface area (TPSA) is 105 Å². The number of amides is 1. The highest BCUT2D eigenvalue weighted by molar-refractivity contribution is 7.47. The van der Waals surface area contributed by atoms with Gasteiger partial charge in [0.15, 0.2) is 0 Å². The van der Waals surface area contributed by atoms with Crippen molar-refractivity contribution in [3.8, 4) is 0 Å². The van der Waals surface area contributed by atoms with Gasteiger partial charge >= 0.3 is 7.82 Å². The van der Waals surface area contributed by atoms with Crippen LogP contribution in [0.15, 0.2) is 12.2 Å². The fraction of sp³-hybridized carbons (Fsp3) is 0.947. The number of phosphoric ester groups is 1. The van der Waals surface area contributed by atoms with Crippen LogP contribution in [-0.2, 0) is 18.4 Å². The molecule has 0 aromatic heterocycles. The zero-order valence-electron chi connectivity index (χ0n) is 45.0. The van der Waals surface area contributed by atoms with Crippen molar-refractivity contribution in [2.24, 2.45) is 0 Å². The van der Waals surface area contributed by atoms with Crippen molar-refractivity contribution in [2.75, 3.05) is 40.9 Å². The summed E-state index contributed by atoms with van der Waals surface area (Å²) in [7, 11) is 1.59. The Morgan fingerprint density at radius 1 is 0.500 bits per heavy atom. The number of rotatable bonds is 54. The summed E-state index contributed by atoms with van der Waals surface area (Å²) in [5.41, 5.74) is 0. The maximum Gasteiger partial charge on any atom is 0.472 e. The Hall–Kier alpha value is -0.760. The summed E-state index contributed by atoms with van der Waals surface area (Å²) in [5, 5.41) is 13.9. The third-order valence-corrected chi connectivity index (χ3v) is 14.5. The van der Waals surface area contributed by atoms with Gasteiger partial charge in [-0.25, -0.2) is 4.57 Å². The van der Waals surface area contributed by atoms with E-state index < -0.39 is 20.0 Å². The monoisotopic (exact) mass is 956 g/mol. The molecule has 66 heavy (non-hydrogen) atoms. The molecular weight excluding hydrogens is 840 g/mol. The zero-order chi connectivity index (χ0) is 48.5. The van der Waals surface area contributed by atoms with E-state index in [-0.39, 0.29) is 19.1 Å². The first-order chi connectivity index (χ1) is 32.0. The minimum atomic E-state index is -4.34. The van der Waals surface area contributed by atoms with Gasteiger partial charge in [-0.1, -0.05) is 283 Å². The minimum Gasteiger partial charge on any atom is -0.387 e. The highest BCUT2D eigenvalue weighted by Gasteiger charge is 2.27. The van der Waals surface area contributed by atoms with Crippen molar-refractivity contribution in [1.82, 2.24) is 5.32 Å². The van der Waals surface area contributed by atoms with Gasteiger partial charge in [0.1, 0.15) is 13.2 Å². The largest absolute Gasteiger partial charge is 0.472 e. The van der Waals surface area contributed by atoms with Crippen LogP contribution >= 0.6 is 7.82 Å². The molecule has 0 heterocycles. The Bertz CT molecular complexity index is 1080. The van der Waals surface area contributed by atoms with Crippen molar-refractivity contribution in [3.05, 3.63) is 12.2 Å². The van der Waals surface area contributed by atoms with Crippen LogP contribution in [0.2, 0.25) is 0 Å². The molecule has 0 aliphatic carbocycles. The molecule has 0 aromatic carbocycles. The predicted octanol–water partition coefficient (Wildman–Crippen LogP) is 17.4. The summed E-state index contributed by atoms with van der Waals surface area (Å²) in [4.78, 5) is 23.3. The Balaban J connectivity index is 4.11. The van der Waals surface area contributed by atoms with Gasteiger partial charge in [0.25, 0.3) is 0 Å². The van der Waals surface area contributed by atoms with Crippen LogP contribution in [0.3, 0.4) is 0 Å². The zero-order valence-corrected chi connectivity index (χ0v) is 45.9. The summed E-state index contributed by atoms with van der Waals surface area (Å²) in [6, 6.07) is -0.841. The van der Waals surface area contributed by atoms with Gasteiger partial charge in [-0.05, 0) is 19.3 Å². The molecule has 8 nitrogen and oxygen atoms in total. The highest BCUT2D eigenvalue weighted by Crippen LogP contribution is 2.43. The van der Waals surface area contributed by atoms with E-state index in [1.807, 2.05) is 27.2 Å². The summed E-state index contributed by atoms with van der Waals surface area (Å²) < 4.78 is 23.7. The number of hydrogen-bond acceptors (Lipinski definition) is 5. The third-order valence-electron chi connectivity index (χ3n) is 13.5. The molecule has 0 saturated heterocycles. The molecule has 3 unspecified atom stereocenters. The number of nitrogens with one attached hydrogen (secondary N) is 1. The van der Waals surface area contributed by atoms with Gasteiger partial charge in [0.05, 0.1) is 39.9 Å². The van der Waals surface area contributed by atoms with Gasteiger partial charge in [-0.3, -0.25) is 13.8 Å². The number of nitrogens with zero attached hydrogens (tertiary/aromatic N) is 1. The smallest absolute Gasteiger partial charge is 0.387 e. The average molecular weight is 957 g/mol. The number of carbonyl (C=O) groups is 1. The molecular formula is C57H116N2O6P+. The first kappa shape index (κ1) is 65.2. The van der Waals surface area contributed by atoms with Crippen LogP contribution < -0.4 is 5.32 Å². The van der Waals surface area contributed by atoms with Crippen LogP contribution in [0.5, 0.6) is 0 Å². The number of unbranched alkanes of at least 4 members (excludes halogenated alkanes) is 41. The Morgan fingerprint density at radius 2 is 0.803 bits per heavy atom. The molecule has 394 valence electrons. The van der Waals surface area contributed by atoms with E-state index in [0.717, 1.165) is 32.1 Å². The molecule has 0 rings (SSSR count). The molecule has 9 heteroatoms. The van der Waals surface area contributed by atoms with E-state index in [9.17, 15) is 19.4 Å². The van der Waals surface area contributed by atoms with Crippen molar-refractivity contribution < 1.29 is 32.9 Å². The lowest BCUT2D eigenvalue weighted by molar-refractivity contribution is -0.870. The van der Waals surface area contributed by atoms with Gasteiger partial charge in [0.2, 0.25) is 5.91 Å². The summed E-state index contributed by atoms with van der Waals surface area (Å²) >= 11 is 0. The van der Waals surface area contributed by atoms with Crippen LogP contribution in [0, 0.1) is 0 Å². The van der Waals surface area contributed by atoms with Crippen molar-refractivity contribution in [1.29, 1.82) is 0 Å². The normalized spacial score (nSPS) is 14.0. The number of carbonyl (C=O) groups excluding carboxylic acids is 1. The standard InChI is InChI=1S/C57H115N2O6P/c1-6-8-10-12-14-16-18-20-22-24-25-26-27-28-29-30-31-32-33-35-37-39-41-43-45-47-49-51-57(61)58-55(54-65-66(62,63)64-53-52-59(3,4)5)56(60)50-48-46-44-42-40-38-36-34-23-21-19-17-15-13-11-9-7-2/h48,50,55-56,60H,6-47,49,51-54H2,1-5H3,(H-,58,61,62,63)/p+1/b50-48+. The quantitative estimate of drug-likeness (QED) is 0.0243. The number of phosphoric acid groups is 1. The van der Waals surface area contributed by atoms with Gasteiger partial charge in [0, 0.05) is 6.42 Å². The first-order valence-corrected chi connectivity index (χ1v) is 30.6. The van der Waals surface area contributed by atoms with E-state index in [4.69, 9.17) is 9.05 Å². The van der Waals surface area contributed by atoms with Crippen molar-refractivity contribution in [2.45, 2.75) is 309 Å². The Morgan fingerprint density at radius 3 is 1.12 bits per heavy atom. The average Bonchev–Trinajstić information content (AvgIpc) is 3.28. The summed E-state index contributed by atoms with van der Waals surface area (Å²) in [5.74, 6) is -0.170.